The molecule has 0 spiro atoms. The van der Waals surface area contributed by atoms with E-state index in [0.717, 1.165) is 16.7 Å². The molecular formula is C16H19NO3. The van der Waals surface area contributed by atoms with Gasteiger partial charge < -0.3 is 14.0 Å². The number of carbonyl (C=O) groups excluding carboxylic acids is 1. The molecule has 0 aliphatic carbocycles. The van der Waals surface area contributed by atoms with Gasteiger partial charge in [-0.15, -0.1) is 0 Å². The molecule has 0 atom stereocenters. The maximum absolute atomic E-state index is 11.3. The maximum atomic E-state index is 11.3. The van der Waals surface area contributed by atoms with E-state index in [2.05, 4.69) is 9.30 Å². The molecule has 1 heterocycles. The van der Waals surface area contributed by atoms with Gasteiger partial charge in [0.15, 0.2) is 0 Å². The monoisotopic (exact) mass is 273 g/mol. The molecule has 20 heavy (non-hydrogen) atoms. The third-order valence-electron chi connectivity index (χ3n) is 3.16. The fourth-order valence-corrected chi connectivity index (χ4v) is 2.07. The Morgan fingerprint density at radius 2 is 2.15 bits per heavy atom. The van der Waals surface area contributed by atoms with Gasteiger partial charge in [-0.05, 0) is 38.1 Å². The summed E-state index contributed by atoms with van der Waals surface area (Å²) >= 11 is 0. The molecule has 0 aliphatic rings. The highest BCUT2D eigenvalue weighted by atomic mass is 16.5. The molecule has 0 saturated heterocycles. The number of carbonyl (C=O) groups is 1. The average Bonchev–Trinajstić information content (AvgIpc) is 2.86. The molecule has 4 nitrogen and oxygen atoms in total. The van der Waals surface area contributed by atoms with Crippen molar-refractivity contribution in [2.24, 2.45) is 0 Å². The molecule has 106 valence electrons. The Kier molecular flexibility index (Phi) is 4.45. The van der Waals surface area contributed by atoms with Gasteiger partial charge in [0.25, 0.3) is 0 Å². The van der Waals surface area contributed by atoms with Gasteiger partial charge in [0.2, 0.25) is 0 Å². The van der Waals surface area contributed by atoms with Crippen LogP contribution in [0.4, 0.5) is 0 Å². The smallest absolute Gasteiger partial charge is 0.333 e. The van der Waals surface area contributed by atoms with Crippen LogP contribution in [-0.4, -0.2) is 24.3 Å². The van der Waals surface area contributed by atoms with E-state index >= 15 is 0 Å². The van der Waals surface area contributed by atoms with Crippen molar-refractivity contribution in [3.63, 3.8) is 0 Å². The molecule has 0 amide bonds. The number of ether oxygens (including phenoxy) is 2. The van der Waals surface area contributed by atoms with Crippen LogP contribution in [0.1, 0.15) is 13.8 Å². The maximum Gasteiger partial charge on any atom is 0.333 e. The van der Waals surface area contributed by atoms with E-state index in [1.165, 1.54) is 7.11 Å². The lowest BCUT2D eigenvalue weighted by Gasteiger charge is -2.05. The molecule has 2 rings (SSSR count). The molecule has 0 unspecified atom stereocenters. The quantitative estimate of drug-likeness (QED) is 0.620. The highest BCUT2D eigenvalue weighted by Crippen LogP contribution is 2.22. The second kappa shape index (κ2) is 6.28. The Morgan fingerprint density at radius 3 is 2.85 bits per heavy atom. The van der Waals surface area contributed by atoms with Crippen molar-refractivity contribution >= 4 is 16.9 Å². The number of methoxy groups -OCH3 is 1. The van der Waals surface area contributed by atoms with Crippen LogP contribution in [0.3, 0.4) is 0 Å². The van der Waals surface area contributed by atoms with Crippen molar-refractivity contribution in [3.8, 4) is 5.75 Å². The van der Waals surface area contributed by atoms with Gasteiger partial charge in [-0.25, -0.2) is 4.79 Å². The molecule has 0 radical (unpaired) electrons. The summed E-state index contributed by atoms with van der Waals surface area (Å²) in [4.78, 5) is 11.3. The van der Waals surface area contributed by atoms with Gasteiger partial charge in [-0.3, -0.25) is 0 Å². The van der Waals surface area contributed by atoms with E-state index in [1.807, 2.05) is 43.5 Å². The van der Waals surface area contributed by atoms with Crippen molar-refractivity contribution in [1.82, 2.24) is 4.57 Å². The first kappa shape index (κ1) is 14.2. The van der Waals surface area contributed by atoms with E-state index in [1.54, 1.807) is 6.92 Å². The fourth-order valence-electron chi connectivity index (χ4n) is 2.07. The number of aromatic nitrogens is 1. The molecule has 4 heteroatoms. The second-order valence-corrected chi connectivity index (χ2v) is 4.50. The number of hydrogen-bond donors (Lipinski definition) is 0. The van der Waals surface area contributed by atoms with Crippen LogP contribution in [-0.2, 0) is 16.1 Å². The molecule has 2 aromatic rings. The summed E-state index contributed by atoms with van der Waals surface area (Å²) in [5.41, 5.74) is 1.72. The van der Waals surface area contributed by atoms with Crippen molar-refractivity contribution in [2.45, 2.75) is 20.4 Å². The SMILES string of the molecule is CCOc1ccc2c(ccn2C/C=C(/C)C(=O)OC)c1. The number of hydrogen-bond acceptors (Lipinski definition) is 3. The van der Waals surface area contributed by atoms with Crippen LogP contribution in [0.2, 0.25) is 0 Å². The van der Waals surface area contributed by atoms with Crippen LogP contribution >= 0.6 is 0 Å². The summed E-state index contributed by atoms with van der Waals surface area (Å²) < 4.78 is 12.2. The molecule has 0 aliphatic heterocycles. The van der Waals surface area contributed by atoms with Crippen molar-refractivity contribution in [1.29, 1.82) is 0 Å². The molecule has 1 aromatic heterocycles. The van der Waals surface area contributed by atoms with E-state index < -0.39 is 0 Å². The zero-order valence-electron chi connectivity index (χ0n) is 12.1. The number of allylic oxidation sites excluding steroid dienone is 1. The molecule has 0 saturated carbocycles. The first-order chi connectivity index (χ1) is 9.65. The Labute approximate surface area is 118 Å². The molecule has 0 N–H and O–H groups in total. The number of fused-ring (bicyclic) bond motifs is 1. The van der Waals surface area contributed by atoms with Gasteiger partial charge in [0.05, 0.1) is 13.7 Å². The molecule has 0 fully saturated rings. The van der Waals surface area contributed by atoms with Gasteiger partial charge in [0, 0.05) is 29.2 Å². The third-order valence-corrected chi connectivity index (χ3v) is 3.16. The highest BCUT2D eigenvalue weighted by molar-refractivity contribution is 5.87. The number of rotatable bonds is 5. The third kappa shape index (κ3) is 3.02. The Morgan fingerprint density at radius 1 is 1.35 bits per heavy atom. The van der Waals surface area contributed by atoms with Gasteiger partial charge in [-0.1, -0.05) is 6.08 Å². The zero-order valence-corrected chi connectivity index (χ0v) is 12.1. The van der Waals surface area contributed by atoms with Crippen LogP contribution in [0.25, 0.3) is 10.9 Å². The largest absolute Gasteiger partial charge is 0.494 e. The average molecular weight is 273 g/mol. The van der Waals surface area contributed by atoms with Gasteiger partial charge >= 0.3 is 5.97 Å². The number of nitrogens with zero attached hydrogens (tertiary/aromatic N) is 1. The lowest BCUT2D eigenvalue weighted by molar-refractivity contribution is -0.136. The molecule has 1 aromatic carbocycles. The van der Waals surface area contributed by atoms with Crippen LogP contribution in [0, 0.1) is 0 Å². The van der Waals surface area contributed by atoms with Crippen molar-refractivity contribution in [3.05, 3.63) is 42.1 Å². The first-order valence-electron chi connectivity index (χ1n) is 6.62. The standard InChI is InChI=1S/C16H19NO3/c1-4-20-14-5-6-15-13(11-14)8-10-17(15)9-7-12(2)16(18)19-3/h5-8,10-11H,4,9H2,1-3H3/b12-7-. The fraction of sp³-hybridized carbons (Fsp3) is 0.312. The minimum atomic E-state index is -0.292. The second-order valence-electron chi connectivity index (χ2n) is 4.50. The summed E-state index contributed by atoms with van der Waals surface area (Å²) in [6.07, 6.45) is 3.86. The summed E-state index contributed by atoms with van der Waals surface area (Å²) in [5.74, 6) is 0.583. The minimum Gasteiger partial charge on any atom is -0.494 e. The predicted molar refractivity (Wildman–Crippen MR) is 78.9 cm³/mol. The van der Waals surface area contributed by atoms with Gasteiger partial charge in [0.1, 0.15) is 5.75 Å². The lowest BCUT2D eigenvalue weighted by Crippen LogP contribution is -2.03. The lowest BCUT2D eigenvalue weighted by atomic mass is 10.2. The normalized spacial score (nSPS) is 11.7. The Balaban J connectivity index is 2.21. The van der Waals surface area contributed by atoms with Crippen molar-refractivity contribution in [2.75, 3.05) is 13.7 Å². The topological polar surface area (TPSA) is 40.5 Å². The van der Waals surface area contributed by atoms with E-state index in [4.69, 9.17) is 4.74 Å². The summed E-state index contributed by atoms with van der Waals surface area (Å²) in [7, 11) is 1.39. The first-order valence-corrected chi connectivity index (χ1v) is 6.62. The highest BCUT2D eigenvalue weighted by Gasteiger charge is 2.04. The minimum absolute atomic E-state index is 0.292. The van der Waals surface area contributed by atoms with Crippen molar-refractivity contribution < 1.29 is 14.3 Å². The zero-order chi connectivity index (χ0) is 14.5. The number of benzene rings is 1. The van der Waals surface area contributed by atoms with E-state index in [0.29, 0.717) is 18.7 Å². The van der Waals surface area contributed by atoms with Crippen LogP contribution in [0.5, 0.6) is 5.75 Å². The summed E-state index contributed by atoms with van der Waals surface area (Å²) in [6.45, 7) is 5.02. The summed E-state index contributed by atoms with van der Waals surface area (Å²) in [6, 6.07) is 8.05. The summed E-state index contributed by atoms with van der Waals surface area (Å²) in [5, 5.41) is 1.13. The van der Waals surface area contributed by atoms with Crippen LogP contribution < -0.4 is 4.74 Å². The Bertz CT molecular complexity index is 640. The van der Waals surface area contributed by atoms with Crippen LogP contribution in [0.15, 0.2) is 42.1 Å². The van der Waals surface area contributed by atoms with E-state index in [9.17, 15) is 4.79 Å². The van der Waals surface area contributed by atoms with E-state index in [-0.39, 0.29) is 5.97 Å². The predicted octanol–water partition coefficient (Wildman–Crippen LogP) is 3.16. The Hall–Kier alpha value is -2.23. The molecular weight excluding hydrogens is 254 g/mol. The van der Waals surface area contributed by atoms with Gasteiger partial charge in [-0.2, -0.15) is 0 Å². The number of esters is 1. The molecule has 0 bridgehead atoms.